The van der Waals surface area contributed by atoms with Gasteiger partial charge in [-0.15, -0.1) is 0 Å². The highest BCUT2D eigenvalue weighted by molar-refractivity contribution is 6.09. The second-order valence-electron chi connectivity index (χ2n) is 3.71. The number of halogens is 3. The summed E-state index contributed by atoms with van der Waals surface area (Å²) < 4.78 is 37.3. The third-order valence-electron chi connectivity index (χ3n) is 2.17. The Kier molecular flexibility index (Phi) is 4.31. The van der Waals surface area contributed by atoms with E-state index in [9.17, 15) is 18.0 Å². The Balaban J connectivity index is 3.07. The van der Waals surface area contributed by atoms with E-state index in [4.69, 9.17) is 10.8 Å². The quantitative estimate of drug-likeness (QED) is 0.656. The van der Waals surface area contributed by atoms with Crippen molar-refractivity contribution in [2.45, 2.75) is 13.1 Å². The molecule has 4 nitrogen and oxygen atoms in total. The van der Waals surface area contributed by atoms with E-state index >= 15 is 0 Å². The molecule has 3 N–H and O–H groups in total. The summed E-state index contributed by atoms with van der Waals surface area (Å²) in [5.41, 5.74) is 4.22. The zero-order valence-electron chi connectivity index (χ0n) is 9.90. The number of benzene rings is 1. The zero-order chi connectivity index (χ0) is 14.6. The lowest BCUT2D eigenvalue weighted by atomic mass is 10.2. The Morgan fingerprint density at radius 3 is 2.53 bits per heavy atom. The molecule has 0 amide bonds. The summed E-state index contributed by atoms with van der Waals surface area (Å²) in [6.45, 7) is 1.36. The van der Waals surface area contributed by atoms with E-state index in [0.717, 1.165) is 18.3 Å². The lowest BCUT2D eigenvalue weighted by molar-refractivity contribution is -0.137. The van der Waals surface area contributed by atoms with Crippen LogP contribution >= 0.6 is 0 Å². The van der Waals surface area contributed by atoms with Gasteiger partial charge >= 0.3 is 12.1 Å². The Hall–Kier alpha value is -2.31. The normalized spacial score (nSPS) is 13.5. The van der Waals surface area contributed by atoms with Gasteiger partial charge in [-0.2, -0.15) is 13.2 Å². The number of allylic oxidation sites excluding steroid dienone is 1. The molecule has 0 aromatic heterocycles. The first-order valence-corrected chi connectivity index (χ1v) is 5.13. The number of rotatable bonds is 3. The van der Waals surface area contributed by atoms with E-state index in [2.05, 4.69) is 4.99 Å². The molecule has 0 aliphatic heterocycles. The number of nitrogens with zero attached hydrogens (tertiary/aromatic N) is 1. The standard InChI is InChI=1S/C12H11F3N2O2/c1-7(16)10(11(18)19)6-17-9-4-2-3-8(5-9)12(13,14)15/h2-6H,16H2,1H3,(H,18,19). The molecule has 0 atom stereocenters. The average molecular weight is 272 g/mol. The molecule has 0 saturated carbocycles. The summed E-state index contributed by atoms with van der Waals surface area (Å²) >= 11 is 0. The third kappa shape index (κ3) is 4.13. The van der Waals surface area contributed by atoms with Gasteiger partial charge in [-0.05, 0) is 25.1 Å². The molecule has 0 aliphatic carbocycles. The summed E-state index contributed by atoms with van der Waals surface area (Å²) in [4.78, 5) is 14.5. The van der Waals surface area contributed by atoms with Gasteiger partial charge in [0.2, 0.25) is 0 Å². The summed E-state index contributed by atoms with van der Waals surface area (Å²) in [7, 11) is 0. The second kappa shape index (κ2) is 5.55. The maximum absolute atomic E-state index is 12.4. The number of carboxylic acids is 1. The Labute approximate surface area is 107 Å². The SMILES string of the molecule is CC(N)=C(C=Nc1cccc(C(F)(F)F)c1)C(=O)O. The monoisotopic (exact) mass is 272 g/mol. The van der Waals surface area contributed by atoms with Crippen LogP contribution in [0.2, 0.25) is 0 Å². The Morgan fingerprint density at radius 1 is 1.42 bits per heavy atom. The van der Waals surface area contributed by atoms with E-state index in [1.165, 1.54) is 19.1 Å². The van der Waals surface area contributed by atoms with E-state index in [-0.39, 0.29) is 17.0 Å². The van der Waals surface area contributed by atoms with Crippen molar-refractivity contribution in [2.75, 3.05) is 0 Å². The fourth-order valence-corrected chi connectivity index (χ4v) is 1.23. The third-order valence-corrected chi connectivity index (χ3v) is 2.17. The minimum Gasteiger partial charge on any atom is -0.478 e. The van der Waals surface area contributed by atoms with Gasteiger partial charge in [0, 0.05) is 11.9 Å². The van der Waals surface area contributed by atoms with Crippen molar-refractivity contribution in [1.29, 1.82) is 0 Å². The van der Waals surface area contributed by atoms with E-state index in [0.29, 0.717) is 0 Å². The van der Waals surface area contributed by atoms with Gasteiger partial charge in [-0.1, -0.05) is 6.07 Å². The van der Waals surface area contributed by atoms with Crippen LogP contribution in [-0.2, 0) is 11.0 Å². The molecule has 7 heteroatoms. The fourth-order valence-electron chi connectivity index (χ4n) is 1.23. The second-order valence-corrected chi connectivity index (χ2v) is 3.71. The molecule has 1 rings (SSSR count). The molecule has 0 bridgehead atoms. The van der Waals surface area contributed by atoms with Crippen LogP contribution in [0.5, 0.6) is 0 Å². The number of aliphatic carboxylic acids is 1. The van der Waals surface area contributed by atoms with Gasteiger partial charge in [0.05, 0.1) is 16.8 Å². The van der Waals surface area contributed by atoms with Gasteiger partial charge in [0.25, 0.3) is 0 Å². The van der Waals surface area contributed by atoms with Crippen LogP contribution < -0.4 is 5.73 Å². The highest BCUT2D eigenvalue weighted by atomic mass is 19.4. The number of alkyl halides is 3. The van der Waals surface area contributed by atoms with Crippen LogP contribution in [0.3, 0.4) is 0 Å². The molecule has 0 aliphatic rings. The molecule has 0 unspecified atom stereocenters. The molecule has 19 heavy (non-hydrogen) atoms. The smallest absolute Gasteiger partial charge is 0.416 e. The van der Waals surface area contributed by atoms with Crippen molar-refractivity contribution in [3.63, 3.8) is 0 Å². The fraction of sp³-hybridized carbons (Fsp3) is 0.167. The largest absolute Gasteiger partial charge is 0.478 e. The van der Waals surface area contributed by atoms with Gasteiger partial charge in [-0.3, -0.25) is 4.99 Å². The van der Waals surface area contributed by atoms with Gasteiger partial charge in [-0.25, -0.2) is 4.79 Å². The molecule has 0 fully saturated rings. The summed E-state index contributed by atoms with van der Waals surface area (Å²) in [5, 5.41) is 8.80. The minimum atomic E-state index is -4.47. The highest BCUT2D eigenvalue weighted by Gasteiger charge is 2.30. The first-order valence-electron chi connectivity index (χ1n) is 5.13. The molecule has 0 spiro atoms. The first-order chi connectivity index (χ1) is 8.71. The Morgan fingerprint density at radius 2 is 2.05 bits per heavy atom. The molecule has 0 heterocycles. The topological polar surface area (TPSA) is 75.7 Å². The van der Waals surface area contributed by atoms with E-state index in [1.807, 2.05) is 0 Å². The number of aliphatic imine (C=N–C) groups is 1. The molecular formula is C12H11F3N2O2. The number of hydrogen-bond acceptors (Lipinski definition) is 3. The number of carbonyl (C=O) groups is 1. The number of hydrogen-bond donors (Lipinski definition) is 2. The molecule has 0 radical (unpaired) electrons. The average Bonchev–Trinajstić information content (AvgIpc) is 2.27. The minimum absolute atomic E-state index is 0.00479. The van der Waals surface area contributed by atoms with Gasteiger partial charge in [0.1, 0.15) is 0 Å². The van der Waals surface area contributed by atoms with Crippen molar-refractivity contribution in [3.8, 4) is 0 Å². The van der Waals surface area contributed by atoms with Crippen molar-refractivity contribution in [1.82, 2.24) is 0 Å². The van der Waals surface area contributed by atoms with Crippen molar-refractivity contribution in [2.24, 2.45) is 10.7 Å². The summed E-state index contributed by atoms with van der Waals surface area (Å²) in [5.74, 6) is -1.30. The first kappa shape index (κ1) is 14.7. The van der Waals surface area contributed by atoms with E-state index in [1.54, 1.807) is 0 Å². The predicted octanol–water partition coefficient (Wildman–Crippen LogP) is 2.73. The zero-order valence-corrected chi connectivity index (χ0v) is 9.90. The molecular weight excluding hydrogens is 261 g/mol. The van der Waals surface area contributed by atoms with Crippen LogP contribution in [-0.4, -0.2) is 17.3 Å². The van der Waals surface area contributed by atoms with Crippen molar-refractivity contribution in [3.05, 3.63) is 41.1 Å². The van der Waals surface area contributed by atoms with Gasteiger partial charge < -0.3 is 10.8 Å². The van der Waals surface area contributed by atoms with Crippen LogP contribution in [0.15, 0.2) is 40.5 Å². The summed E-state index contributed by atoms with van der Waals surface area (Å²) in [6.07, 6.45) is -3.55. The molecule has 0 saturated heterocycles. The lowest BCUT2D eigenvalue weighted by Gasteiger charge is -2.06. The van der Waals surface area contributed by atoms with E-state index < -0.39 is 17.7 Å². The van der Waals surface area contributed by atoms with Crippen molar-refractivity contribution < 1.29 is 23.1 Å². The lowest BCUT2D eigenvalue weighted by Crippen LogP contribution is -2.09. The maximum atomic E-state index is 12.4. The molecule has 102 valence electrons. The number of nitrogens with two attached hydrogens (primary N) is 1. The molecule has 1 aromatic rings. The Bertz CT molecular complexity index is 544. The highest BCUT2D eigenvalue weighted by Crippen LogP contribution is 2.31. The molecule has 1 aromatic carbocycles. The van der Waals surface area contributed by atoms with Crippen LogP contribution in [0.1, 0.15) is 12.5 Å². The van der Waals surface area contributed by atoms with Crippen LogP contribution in [0, 0.1) is 0 Å². The number of carboxylic acid groups (broad SMARTS) is 1. The van der Waals surface area contributed by atoms with Gasteiger partial charge in [0.15, 0.2) is 0 Å². The predicted molar refractivity (Wildman–Crippen MR) is 64.1 cm³/mol. The maximum Gasteiger partial charge on any atom is 0.416 e. The summed E-state index contributed by atoms with van der Waals surface area (Å²) in [6, 6.07) is 4.25. The van der Waals surface area contributed by atoms with Crippen LogP contribution in [0.4, 0.5) is 18.9 Å². The van der Waals surface area contributed by atoms with Crippen molar-refractivity contribution >= 4 is 17.9 Å². The van der Waals surface area contributed by atoms with Crippen LogP contribution in [0.25, 0.3) is 0 Å².